The Morgan fingerprint density at radius 1 is 0.276 bits per heavy atom. The second-order valence-corrected chi connectivity index (χ2v) is 20.6. The van der Waals surface area contributed by atoms with Crippen molar-refractivity contribution >= 4 is 17.9 Å². The van der Waals surface area contributed by atoms with Crippen LogP contribution in [0, 0.1) is 0 Å². The molecule has 76 heavy (non-hydrogen) atoms. The van der Waals surface area contributed by atoms with E-state index in [-0.39, 0.29) is 31.1 Å². The van der Waals surface area contributed by atoms with Gasteiger partial charge in [-0.25, -0.2) is 0 Å². The number of rotatable bonds is 56. The molecular formula is C70H116O6. The van der Waals surface area contributed by atoms with Crippen LogP contribution in [0.2, 0.25) is 0 Å². The van der Waals surface area contributed by atoms with Gasteiger partial charge in [-0.2, -0.15) is 0 Å². The van der Waals surface area contributed by atoms with E-state index < -0.39 is 6.10 Å². The lowest BCUT2D eigenvalue weighted by Gasteiger charge is -2.18. The van der Waals surface area contributed by atoms with E-state index in [1.165, 1.54) is 122 Å². The van der Waals surface area contributed by atoms with Crippen molar-refractivity contribution in [1.82, 2.24) is 0 Å². The third-order valence-electron chi connectivity index (χ3n) is 13.2. The van der Waals surface area contributed by atoms with E-state index in [1.54, 1.807) is 0 Å². The van der Waals surface area contributed by atoms with Gasteiger partial charge >= 0.3 is 17.9 Å². The van der Waals surface area contributed by atoms with Crippen molar-refractivity contribution in [2.45, 2.75) is 290 Å². The second-order valence-electron chi connectivity index (χ2n) is 20.6. The molecule has 0 saturated heterocycles. The number of carbonyl (C=O) groups is 3. The Kier molecular flexibility index (Phi) is 59.9. The van der Waals surface area contributed by atoms with Crippen LogP contribution < -0.4 is 0 Å². The summed E-state index contributed by atoms with van der Waals surface area (Å²) in [4.78, 5) is 38.1. The highest BCUT2D eigenvalue weighted by Crippen LogP contribution is 2.15. The molecule has 432 valence electrons. The molecule has 0 saturated carbocycles. The Morgan fingerprint density at radius 3 is 0.829 bits per heavy atom. The van der Waals surface area contributed by atoms with E-state index in [1.807, 2.05) is 0 Å². The number of hydrogen-bond acceptors (Lipinski definition) is 6. The van der Waals surface area contributed by atoms with Gasteiger partial charge in [0.15, 0.2) is 6.10 Å². The van der Waals surface area contributed by atoms with Gasteiger partial charge in [0.25, 0.3) is 0 Å². The summed E-state index contributed by atoms with van der Waals surface area (Å²) in [6.45, 7) is 6.47. The summed E-state index contributed by atoms with van der Waals surface area (Å²) >= 11 is 0. The van der Waals surface area contributed by atoms with Gasteiger partial charge in [-0.15, -0.1) is 0 Å². The lowest BCUT2D eigenvalue weighted by molar-refractivity contribution is -0.167. The molecule has 6 heteroatoms. The summed E-state index contributed by atoms with van der Waals surface area (Å²) in [7, 11) is 0. The fourth-order valence-electron chi connectivity index (χ4n) is 8.49. The predicted molar refractivity (Wildman–Crippen MR) is 330 cm³/mol. The van der Waals surface area contributed by atoms with Crippen molar-refractivity contribution in [2.24, 2.45) is 0 Å². The van der Waals surface area contributed by atoms with Gasteiger partial charge < -0.3 is 14.2 Å². The Bertz CT molecular complexity index is 1590. The van der Waals surface area contributed by atoms with Crippen molar-refractivity contribution in [1.29, 1.82) is 0 Å². The lowest BCUT2D eigenvalue weighted by Crippen LogP contribution is -2.30. The van der Waals surface area contributed by atoms with Crippen LogP contribution in [0.1, 0.15) is 284 Å². The first-order chi connectivity index (χ1) is 37.5. The van der Waals surface area contributed by atoms with Gasteiger partial charge in [-0.05, 0) is 116 Å². The quantitative estimate of drug-likeness (QED) is 0.0261. The monoisotopic (exact) mass is 1050 g/mol. The first-order valence-electron chi connectivity index (χ1n) is 31.5. The third-order valence-corrected chi connectivity index (χ3v) is 13.2. The van der Waals surface area contributed by atoms with Crippen LogP contribution in [0.3, 0.4) is 0 Å². The van der Waals surface area contributed by atoms with E-state index in [2.05, 4.69) is 142 Å². The average Bonchev–Trinajstić information content (AvgIpc) is 3.42. The van der Waals surface area contributed by atoms with Crippen molar-refractivity contribution < 1.29 is 28.6 Å². The number of carbonyl (C=O) groups excluding carboxylic acids is 3. The largest absolute Gasteiger partial charge is 0.462 e. The molecule has 0 spiro atoms. The molecule has 1 unspecified atom stereocenters. The maximum absolute atomic E-state index is 12.9. The Labute approximate surface area is 469 Å². The third kappa shape index (κ3) is 60.7. The van der Waals surface area contributed by atoms with E-state index in [0.717, 1.165) is 122 Å². The van der Waals surface area contributed by atoms with Gasteiger partial charge in [0.1, 0.15) is 13.2 Å². The number of esters is 3. The van der Waals surface area contributed by atoms with Crippen LogP contribution in [-0.2, 0) is 28.6 Å². The molecule has 6 nitrogen and oxygen atoms in total. The van der Waals surface area contributed by atoms with Crippen LogP contribution >= 0.6 is 0 Å². The van der Waals surface area contributed by atoms with Crippen molar-refractivity contribution in [2.75, 3.05) is 13.2 Å². The Morgan fingerprint density at radius 2 is 0.513 bits per heavy atom. The zero-order valence-corrected chi connectivity index (χ0v) is 49.5. The summed E-state index contributed by atoms with van der Waals surface area (Å²) in [5.41, 5.74) is 0. The molecular weight excluding hydrogens is 937 g/mol. The maximum Gasteiger partial charge on any atom is 0.306 e. The minimum absolute atomic E-state index is 0.0896. The van der Waals surface area contributed by atoms with Gasteiger partial charge in [0.2, 0.25) is 0 Å². The summed E-state index contributed by atoms with van der Waals surface area (Å²) in [6, 6.07) is 0. The van der Waals surface area contributed by atoms with Crippen molar-refractivity contribution in [3.8, 4) is 0 Å². The minimum atomic E-state index is -0.793. The maximum atomic E-state index is 12.9. The van der Waals surface area contributed by atoms with Crippen LogP contribution in [0.15, 0.2) is 122 Å². The van der Waals surface area contributed by atoms with Crippen LogP contribution in [0.5, 0.6) is 0 Å². The molecule has 0 amide bonds. The molecule has 0 bridgehead atoms. The summed E-state index contributed by atoms with van der Waals surface area (Å²) in [5.74, 6) is -0.928. The molecule has 0 N–H and O–H groups in total. The first-order valence-corrected chi connectivity index (χ1v) is 31.5. The fraction of sp³-hybridized carbons (Fsp3) is 0.671. The van der Waals surface area contributed by atoms with E-state index in [9.17, 15) is 14.4 Å². The molecule has 0 fully saturated rings. The van der Waals surface area contributed by atoms with Gasteiger partial charge in [-0.3, -0.25) is 14.4 Å². The summed E-state index contributed by atoms with van der Waals surface area (Å²) < 4.78 is 16.8. The van der Waals surface area contributed by atoms with Crippen LogP contribution in [-0.4, -0.2) is 37.2 Å². The number of allylic oxidation sites excluding steroid dienone is 20. The molecule has 0 aliphatic rings. The number of ether oxygens (including phenoxy) is 3. The summed E-state index contributed by atoms with van der Waals surface area (Å²) in [5, 5.41) is 0. The standard InChI is InChI=1S/C70H116O6/c1-4-7-10-13-16-19-21-23-25-27-29-30-31-32-33-34-35-36-37-38-39-40-42-43-45-47-49-51-54-57-60-63-69(72)75-66-67(65-74-68(71)62-59-56-53-18-15-12-9-6-3)76-70(73)64-61-58-55-52-50-48-46-44-41-28-26-24-22-20-17-14-11-8-5-2/h7,10,16,19,23-26,29-30,32-33,35-36,38-39,42-43,47,49,67H,4-6,8-9,11-15,17-18,20-22,27-28,31,34,37,40-41,44-46,48,50-66H2,1-3H3/b10-7-,19-16-,25-23-,26-24-,30-29-,33-32-,36-35-,39-38-,43-42-,49-47-. The zero-order chi connectivity index (χ0) is 55.0. The Hall–Kier alpha value is -4.19. The highest BCUT2D eigenvalue weighted by atomic mass is 16.6. The van der Waals surface area contributed by atoms with Gasteiger partial charge in [0, 0.05) is 19.3 Å². The highest BCUT2D eigenvalue weighted by molar-refractivity contribution is 5.71. The molecule has 0 aliphatic carbocycles. The summed E-state index contributed by atoms with van der Waals surface area (Å²) in [6.07, 6.45) is 87.9. The van der Waals surface area contributed by atoms with Crippen molar-refractivity contribution in [3.63, 3.8) is 0 Å². The van der Waals surface area contributed by atoms with Crippen LogP contribution in [0.25, 0.3) is 0 Å². The lowest BCUT2D eigenvalue weighted by atomic mass is 10.1. The molecule has 0 radical (unpaired) electrons. The predicted octanol–water partition coefficient (Wildman–Crippen LogP) is 21.6. The average molecular weight is 1050 g/mol. The topological polar surface area (TPSA) is 78.9 Å². The van der Waals surface area contributed by atoms with E-state index in [0.29, 0.717) is 19.3 Å². The van der Waals surface area contributed by atoms with Crippen molar-refractivity contribution in [3.05, 3.63) is 122 Å². The number of unbranched alkanes of at least 4 members (excludes halogenated alkanes) is 25. The van der Waals surface area contributed by atoms with E-state index in [4.69, 9.17) is 14.2 Å². The first kappa shape index (κ1) is 71.8. The number of hydrogen-bond donors (Lipinski definition) is 0. The normalized spacial score (nSPS) is 12.9. The Balaban J connectivity index is 4.28. The fourth-order valence-corrected chi connectivity index (χ4v) is 8.49. The molecule has 0 rings (SSSR count). The zero-order valence-electron chi connectivity index (χ0n) is 49.5. The molecule has 0 aromatic rings. The molecule has 0 aliphatic heterocycles. The molecule has 1 atom stereocenters. The molecule has 0 aromatic heterocycles. The van der Waals surface area contributed by atoms with Gasteiger partial charge in [0.05, 0.1) is 0 Å². The van der Waals surface area contributed by atoms with Gasteiger partial charge in [-0.1, -0.05) is 271 Å². The highest BCUT2D eigenvalue weighted by Gasteiger charge is 2.19. The van der Waals surface area contributed by atoms with E-state index >= 15 is 0 Å². The molecule has 0 aromatic carbocycles. The smallest absolute Gasteiger partial charge is 0.306 e. The minimum Gasteiger partial charge on any atom is -0.462 e. The second kappa shape index (κ2) is 63.3. The van der Waals surface area contributed by atoms with Crippen LogP contribution in [0.4, 0.5) is 0 Å². The SMILES string of the molecule is CC/C=C\C/C=C\C/C=C\C/C=C\C/C=C\C/C=C\C/C=C\C/C=C\C/C=C\CCCCCC(=O)OCC(COC(=O)CCCCCCCCCC)OC(=O)CCCCCCCCCCC/C=C\CCCCCCCC. The molecule has 0 heterocycles.